The van der Waals surface area contributed by atoms with E-state index in [0.717, 1.165) is 16.8 Å². The zero-order valence-electron chi connectivity index (χ0n) is 11.3. The molecule has 4 nitrogen and oxygen atoms in total. The van der Waals surface area contributed by atoms with Gasteiger partial charge in [0.05, 0.1) is 17.8 Å². The number of hydrogen-bond acceptors (Lipinski definition) is 3. The molecule has 0 aromatic heterocycles. The molecule has 0 aliphatic carbocycles. The third kappa shape index (κ3) is 1.62. The molecule has 3 rings (SSSR count). The highest BCUT2D eigenvalue weighted by Crippen LogP contribution is 2.32. The Morgan fingerprint density at radius 2 is 2.21 bits per heavy atom. The SMILES string of the molecule is CC#C[C@H]1CN=C2N(C)C(=O)c3cc(C)ccc3N21. The standard InChI is InChI=1S/C15H15N3O/c1-4-5-11-9-16-15-17(3)14(19)12-8-10(2)6-7-13(12)18(11)15/h6-8,11H,9H2,1-3H3/t11-/m0/s1. The molecule has 0 fully saturated rings. The molecule has 1 aromatic carbocycles. The number of carbonyl (C=O) groups is 1. The number of rotatable bonds is 0. The quantitative estimate of drug-likeness (QED) is 0.659. The van der Waals surface area contributed by atoms with Gasteiger partial charge in [0, 0.05) is 7.05 Å². The van der Waals surface area contributed by atoms with Crippen molar-refractivity contribution >= 4 is 17.6 Å². The fraction of sp³-hybridized carbons (Fsp3) is 0.333. The summed E-state index contributed by atoms with van der Waals surface area (Å²) >= 11 is 0. The molecule has 0 saturated heterocycles. The minimum Gasteiger partial charge on any atom is -0.295 e. The number of benzene rings is 1. The average molecular weight is 253 g/mol. The summed E-state index contributed by atoms with van der Waals surface area (Å²) in [5, 5.41) is 0. The van der Waals surface area contributed by atoms with Gasteiger partial charge in [-0.3, -0.25) is 14.6 Å². The molecule has 0 unspecified atom stereocenters. The molecule has 1 amide bonds. The normalized spacial score (nSPS) is 20.5. The fourth-order valence-corrected chi connectivity index (χ4v) is 2.59. The Kier molecular flexibility index (Phi) is 2.56. The number of hydrogen-bond donors (Lipinski definition) is 0. The Morgan fingerprint density at radius 1 is 1.42 bits per heavy atom. The lowest BCUT2D eigenvalue weighted by Crippen LogP contribution is -2.51. The molecule has 2 aliphatic rings. The number of aliphatic imine (C=N–C) groups is 1. The molecule has 2 heterocycles. The van der Waals surface area contributed by atoms with Gasteiger partial charge in [0.2, 0.25) is 5.96 Å². The van der Waals surface area contributed by atoms with E-state index in [1.54, 1.807) is 11.9 Å². The van der Waals surface area contributed by atoms with Crippen molar-refractivity contribution in [1.82, 2.24) is 4.90 Å². The lowest BCUT2D eigenvalue weighted by atomic mass is 10.0. The van der Waals surface area contributed by atoms with Crippen LogP contribution in [0.2, 0.25) is 0 Å². The lowest BCUT2D eigenvalue weighted by molar-refractivity contribution is 0.0865. The van der Waals surface area contributed by atoms with E-state index in [4.69, 9.17) is 0 Å². The van der Waals surface area contributed by atoms with Gasteiger partial charge in [0.25, 0.3) is 5.91 Å². The second-order valence-corrected chi connectivity index (χ2v) is 4.81. The van der Waals surface area contributed by atoms with E-state index in [1.807, 2.05) is 32.0 Å². The molecule has 1 aromatic rings. The van der Waals surface area contributed by atoms with Gasteiger partial charge in [-0.1, -0.05) is 17.6 Å². The van der Waals surface area contributed by atoms with Crippen LogP contribution < -0.4 is 4.90 Å². The van der Waals surface area contributed by atoms with E-state index < -0.39 is 0 Å². The molecule has 0 bridgehead atoms. The highest BCUT2D eigenvalue weighted by molar-refractivity contribution is 6.19. The first kappa shape index (κ1) is 11.8. The van der Waals surface area contributed by atoms with Crippen LogP contribution in [0, 0.1) is 18.8 Å². The maximum absolute atomic E-state index is 12.4. The summed E-state index contributed by atoms with van der Waals surface area (Å²) in [6, 6.07) is 5.96. The number of nitrogens with zero attached hydrogens (tertiary/aromatic N) is 3. The zero-order chi connectivity index (χ0) is 13.6. The average Bonchev–Trinajstić information content (AvgIpc) is 2.80. The summed E-state index contributed by atoms with van der Waals surface area (Å²) in [6.07, 6.45) is 0. The van der Waals surface area contributed by atoms with Gasteiger partial charge < -0.3 is 0 Å². The predicted octanol–water partition coefficient (Wildman–Crippen LogP) is 1.65. The third-order valence-electron chi connectivity index (χ3n) is 3.49. The van der Waals surface area contributed by atoms with E-state index in [-0.39, 0.29) is 11.9 Å². The van der Waals surface area contributed by atoms with Crippen LogP contribution in [0.15, 0.2) is 23.2 Å². The van der Waals surface area contributed by atoms with Crippen LogP contribution in [0.1, 0.15) is 22.8 Å². The van der Waals surface area contributed by atoms with E-state index >= 15 is 0 Å². The van der Waals surface area contributed by atoms with Gasteiger partial charge in [-0.25, -0.2) is 4.99 Å². The fourth-order valence-electron chi connectivity index (χ4n) is 2.59. The first-order valence-electron chi connectivity index (χ1n) is 6.28. The van der Waals surface area contributed by atoms with Crippen LogP contribution in [-0.4, -0.2) is 36.4 Å². The van der Waals surface area contributed by atoms with Gasteiger partial charge in [0.1, 0.15) is 6.04 Å². The van der Waals surface area contributed by atoms with Crippen molar-refractivity contribution in [3.63, 3.8) is 0 Å². The molecule has 19 heavy (non-hydrogen) atoms. The second-order valence-electron chi connectivity index (χ2n) is 4.81. The number of guanidine groups is 1. The van der Waals surface area contributed by atoms with E-state index in [0.29, 0.717) is 12.5 Å². The van der Waals surface area contributed by atoms with Gasteiger partial charge in [-0.15, -0.1) is 5.92 Å². The monoisotopic (exact) mass is 253 g/mol. The highest BCUT2D eigenvalue weighted by atomic mass is 16.2. The lowest BCUT2D eigenvalue weighted by Gasteiger charge is -2.35. The maximum Gasteiger partial charge on any atom is 0.262 e. The maximum atomic E-state index is 12.4. The Labute approximate surface area is 112 Å². The molecular formula is C15H15N3O. The molecule has 96 valence electrons. The third-order valence-corrected chi connectivity index (χ3v) is 3.49. The van der Waals surface area contributed by atoms with Gasteiger partial charge in [0.15, 0.2) is 0 Å². The van der Waals surface area contributed by atoms with Crippen LogP contribution >= 0.6 is 0 Å². The van der Waals surface area contributed by atoms with E-state index in [2.05, 4.69) is 21.7 Å². The molecule has 0 spiro atoms. The van der Waals surface area contributed by atoms with Gasteiger partial charge in [-0.2, -0.15) is 0 Å². The number of aryl methyl sites for hydroxylation is 1. The predicted molar refractivity (Wildman–Crippen MR) is 75.3 cm³/mol. The van der Waals surface area contributed by atoms with Crippen molar-refractivity contribution in [2.45, 2.75) is 19.9 Å². The van der Waals surface area contributed by atoms with Crippen molar-refractivity contribution in [3.05, 3.63) is 29.3 Å². The first-order valence-corrected chi connectivity index (χ1v) is 6.28. The number of anilines is 1. The smallest absolute Gasteiger partial charge is 0.262 e. The molecular weight excluding hydrogens is 238 g/mol. The summed E-state index contributed by atoms with van der Waals surface area (Å²) in [6.45, 7) is 4.43. The van der Waals surface area contributed by atoms with Crippen LogP contribution in [0.25, 0.3) is 0 Å². The van der Waals surface area contributed by atoms with Crippen molar-refractivity contribution in [3.8, 4) is 11.8 Å². The van der Waals surface area contributed by atoms with Crippen molar-refractivity contribution in [2.24, 2.45) is 4.99 Å². The van der Waals surface area contributed by atoms with Gasteiger partial charge >= 0.3 is 0 Å². The van der Waals surface area contributed by atoms with E-state index in [1.165, 1.54) is 0 Å². The highest BCUT2D eigenvalue weighted by Gasteiger charge is 2.39. The Balaban J connectivity index is 2.19. The molecule has 0 N–H and O–H groups in total. The number of amides is 1. The topological polar surface area (TPSA) is 35.9 Å². The molecule has 2 aliphatic heterocycles. The van der Waals surface area contributed by atoms with E-state index in [9.17, 15) is 4.79 Å². The largest absolute Gasteiger partial charge is 0.295 e. The minimum atomic E-state index is -0.00110. The second kappa shape index (κ2) is 4.13. The molecule has 4 heteroatoms. The molecule has 0 radical (unpaired) electrons. The molecule has 1 atom stereocenters. The first-order chi connectivity index (χ1) is 9.13. The van der Waals surface area contributed by atoms with Crippen molar-refractivity contribution in [1.29, 1.82) is 0 Å². The zero-order valence-corrected chi connectivity index (χ0v) is 11.3. The molecule has 0 saturated carbocycles. The number of carbonyl (C=O) groups excluding carboxylic acids is 1. The Morgan fingerprint density at radius 3 is 2.95 bits per heavy atom. The Hall–Kier alpha value is -2.28. The van der Waals surface area contributed by atoms with Crippen molar-refractivity contribution in [2.75, 3.05) is 18.5 Å². The summed E-state index contributed by atoms with van der Waals surface area (Å²) < 4.78 is 0. The van der Waals surface area contributed by atoms with Crippen LogP contribution in [0.4, 0.5) is 5.69 Å². The van der Waals surface area contributed by atoms with Crippen LogP contribution in [-0.2, 0) is 0 Å². The van der Waals surface area contributed by atoms with Crippen LogP contribution in [0.3, 0.4) is 0 Å². The van der Waals surface area contributed by atoms with Crippen molar-refractivity contribution < 1.29 is 4.79 Å². The number of fused-ring (bicyclic) bond motifs is 3. The Bertz CT molecular complexity index is 651. The summed E-state index contributed by atoms with van der Waals surface area (Å²) in [5.74, 6) is 6.80. The minimum absolute atomic E-state index is 0.00110. The summed E-state index contributed by atoms with van der Waals surface area (Å²) in [4.78, 5) is 20.5. The van der Waals surface area contributed by atoms with Crippen LogP contribution in [0.5, 0.6) is 0 Å². The van der Waals surface area contributed by atoms with Gasteiger partial charge in [-0.05, 0) is 26.0 Å². The summed E-state index contributed by atoms with van der Waals surface area (Å²) in [5.41, 5.74) is 2.72. The summed E-state index contributed by atoms with van der Waals surface area (Å²) in [7, 11) is 1.77.